The van der Waals surface area contributed by atoms with Crippen LogP contribution in [0.15, 0.2) is 18.2 Å². The number of amides is 1. The SMILES string of the molecule is COC(=O)c1c(NC(=O)CN(c2ccc(Cl)cc2C)S(C)(=O)=O)sc2c1CCCC2. The van der Waals surface area contributed by atoms with Crippen LogP contribution in [0.5, 0.6) is 0 Å². The summed E-state index contributed by atoms with van der Waals surface area (Å²) in [6, 6.07) is 4.77. The molecule has 1 aromatic heterocycles. The summed E-state index contributed by atoms with van der Waals surface area (Å²) >= 11 is 7.32. The second-order valence-corrected chi connectivity index (χ2v) is 10.6. The number of nitrogens with one attached hydrogen (secondary N) is 1. The number of carbonyl (C=O) groups excluding carboxylic acids is 2. The normalized spacial score (nSPS) is 13.5. The molecule has 10 heteroatoms. The number of carbonyl (C=O) groups is 2. The number of aryl methyl sites for hydroxylation is 2. The number of hydrogen-bond acceptors (Lipinski definition) is 6. The molecule has 1 aromatic carbocycles. The quantitative estimate of drug-likeness (QED) is 0.648. The molecule has 0 saturated carbocycles. The molecule has 0 aliphatic heterocycles. The molecule has 0 radical (unpaired) electrons. The van der Waals surface area contributed by atoms with Crippen molar-refractivity contribution in [3.05, 3.63) is 44.8 Å². The van der Waals surface area contributed by atoms with E-state index in [1.54, 1.807) is 25.1 Å². The first-order valence-electron chi connectivity index (χ1n) is 9.38. The van der Waals surface area contributed by atoms with Crippen LogP contribution >= 0.6 is 22.9 Å². The molecule has 1 aliphatic carbocycles. The topological polar surface area (TPSA) is 92.8 Å². The largest absolute Gasteiger partial charge is 0.465 e. The number of sulfonamides is 1. The van der Waals surface area contributed by atoms with Gasteiger partial charge in [-0.2, -0.15) is 0 Å². The van der Waals surface area contributed by atoms with E-state index in [1.165, 1.54) is 18.4 Å². The van der Waals surface area contributed by atoms with Gasteiger partial charge in [0.2, 0.25) is 15.9 Å². The lowest BCUT2D eigenvalue weighted by molar-refractivity contribution is -0.114. The first-order valence-corrected chi connectivity index (χ1v) is 12.4. The summed E-state index contributed by atoms with van der Waals surface area (Å²) in [5.74, 6) is -1.04. The lowest BCUT2D eigenvalue weighted by Crippen LogP contribution is -2.38. The molecule has 1 N–H and O–H groups in total. The van der Waals surface area contributed by atoms with Crippen molar-refractivity contribution in [2.24, 2.45) is 0 Å². The highest BCUT2D eigenvalue weighted by Gasteiger charge is 2.28. The number of nitrogens with zero attached hydrogens (tertiary/aromatic N) is 1. The molecule has 0 spiro atoms. The molecule has 0 fully saturated rings. The second-order valence-electron chi connectivity index (χ2n) is 7.16. The Morgan fingerprint density at radius 2 is 1.97 bits per heavy atom. The summed E-state index contributed by atoms with van der Waals surface area (Å²) in [5.41, 5.74) is 2.29. The van der Waals surface area contributed by atoms with Gasteiger partial charge in [0.25, 0.3) is 0 Å². The van der Waals surface area contributed by atoms with Gasteiger partial charge in [0, 0.05) is 9.90 Å². The molecule has 0 atom stereocenters. The number of anilines is 2. The van der Waals surface area contributed by atoms with Crippen LogP contribution in [0.25, 0.3) is 0 Å². The lowest BCUT2D eigenvalue weighted by Gasteiger charge is -2.23. The van der Waals surface area contributed by atoms with E-state index in [0.717, 1.165) is 46.7 Å². The molecule has 0 saturated heterocycles. The third kappa shape index (κ3) is 4.79. The van der Waals surface area contributed by atoms with Crippen LogP contribution in [0.4, 0.5) is 10.7 Å². The van der Waals surface area contributed by atoms with E-state index in [2.05, 4.69) is 5.32 Å². The summed E-state index contributed by atoms with van der Waals surface area (Å²) in [6.45, 7) is 1.30. The Labute approximate surface area is 185 Å². The van der Waals surface area contributed by atoms with Crippen LogP contribution in [-0.4, -0.2) is 40.2 Å². The molecule has 1 aliphatic rings. The van der Waals surface area contributed by atoms with E-state index in [-0.39, 0.29) is 0 Å². The van der Waals surface area contributed by atoms with Crippen LogP contribution in [0, 0.1) is 6.92 Å². The van der Waals surface area contributed by atoms with Gasteiger partial charge >= 0.3 is 5.97 Å². The summed E-state index contributed by atoms with van der Waals surface area (Å²) in [4.78, 5) is 26.2. The number of thiophene rings is 1. The zero-order chi connectivity index (χ0) is 22.1. The monoisotopic (exact) mass is 470 g/mol. The number of ether oxygens (including phenoxy) is 1. The summed E-state index contributed by atoms with van der Waals surface area (Å²) < 4.78 is 30.7. The highest BCUT2D eigenvalue weighted by Crippen LogP contribution is 2.38. The Kier molecular flexibility index (Phi) is 6.74. The first kappa shape index (κ1) is 22.6. The highest BCUT2D eigenvalue weighted by atomic mass is 35.5. The minimum Gasteiger partial charge on any atom is -0.465 e. The maximum atomic E-state index is 12.8. The van der Waals surface area contributed by atoms with E-state index >= 15 is 0 Å². The zero-order valence-electron chi connectivity index (χ0n) is 17.0. The van der Waals surface area contributed by atoms with Gasteiger partial charge in [-0.05, 0) is 61.9 Å². The van der Waals surface area contributed by atoms with Crippen molar-refractivity contribution >= 4 is 55.5 Å². The minimum absolute atomic E-state index is 0.371. The van der Waals surface area contributed by atoms with Crippen molar-refractivity contribution in [1.29, 1.82) is 0 Å². The van der Waals surface area contributed by atoms with Gasteiger partial charge in [-0.25, -0.2) is 13.2 Å². The molecule has 0 bridgehead atoms. The van der Waals surface area contributed by atoms with Gasteiger partial charge in [-0.15, -0.1) is 11.3 Å². The van der Waals surface area contributed by atoms with Gasteiger partial charge in [0.1, 0.15) is 11.5 Å². The number of benzene rings is 1. The fourth-order valence-corrected chi connectivity index (χ4v) is 5.98. The number of hydrogen-bond donors (Lipinski definition) is 1. The van der Waals surface area contributed by atoms with Gasteiger partial charge in [-0.3, -0.25) is 9.10 Å². The fourth-order valence-electron chi connectivity index (χ4n) is 3.55. The van der Waals surface area contributed by atoms with Crippen LogP contribution < -0.4 is 9.62 Å². The average Bonchev–Trinajstić information content (AvgIpc) is 3.03. The smallest absolute Gasteiger partial charge is 0.341 e. The van der Waals surface area contributed by atoms with Gasteiger partial charge in [0.15, 0.2) is 0 Å². The van der Waals surface area contributed by atoms with Crippen LogP contribution in [0.1, 0.15) is 39.2 Å². The Morgan fingerprint density at radius 3 is 2.60 bits per heavy atom. The van der Waals surface area contributed by atoms with Crippen molar-refractivity contribution in [1.82, 2.24) is 0 Å². The third-order valence-electron chi connectivity index (χ3n) is 4.93. The van der Waals surface area contributed by atoms with Crippen LogP contribution in [-0.2, 0) is 32.4 Å². The first-order chi connectivity index (χ1) is 14.1. The number of halogens is 1. The van der Waals surface area contributed by atoms with Crippen molar-refractivity contribution in [2.75, 3.05) is 29.5 Å². The third-order valence-corrected chi connectivity index (χ3v) is 7.50. The molecule has 3 rings (SSSR count). The molecular formula is C20H23ClN2O5S2. The standard InChI is InChI=1S/C20H23ClN2O5S2/c1-12-10-13(21)8-9-15(12)23(30(3,26)27)11-17(24)22-19-18(20(25)28-2)14-6-4-5-7-16(14)29-19/h8-10H,4-7,11H2,1-3H3,(H,22,24). The van der Waals surface area contributed by atoms with Crippen molar-refractivity contribution in [3.8, 4) is 0 Å². The molecule has 7 nitrogen and oxygen atoms in total. The number of esters is 1. The Morgan fingerprint density at radius 1 is 1.27 bits per heavy atom. The molecule has 2 aromatic rings. The number of fused-ring (bicyclic) bond motifs is 1. The summed E-state index contributed by atoms with van der Waals surface area (Å²) in [6.07, 6.45) is 4.64. The number of methoxy groups -OCH3 is 1. The molecule has 162 valence electrons. The van der Waals surface area contributed by atoms with Crippen molar-refractivity contribution in [3.63, 3.8) is 0 Å². The molecule has 0 unspecified atom stereocenters. The number of rotatable bonds is 6. The maximum absolute atomic E-state index is 12.8. The zero-order valence-corrected chi connectivity index (χ0v) is 19.3. The van der Waals surface area contributed by atoms with Gasteiger partial charge < -0.3 is 10.1 Å². The molecular weight excluding hydrogens is 448 g/mol. The van der Waals surface area contributed by atoms with Crippen molar-refractivity contribution in [2.45, 2.75) is 32.6 Å². The molecule has 1 heterocycles. The van der Waals surface area contributed by atoms with Gasteiger partial charge in [-0.1, -0.05) is 11.6 Å². The predicted octanol–water partition coefficient (Wildman–Crippen LogP) is 3.78. The minimum atomic E-state index is -3.73. The van der Waals surface area contributed by atoms with Crippen LogP contribution in [0.3, 0.4) is 0 Å². The van der Waals surface area contributed by atoms with Crippen LogP contribution in [0.2, 0.25) is 5.02 Å². The maximum Gasteiger partial charge on any atom is 0.341 e. The van der Waals surface area contributed by atoms with E-state index in [1.807, 2.05) is 0 Å². The van der Waals surface area contributed by atoms with Gasteiger partial charge in [0.05, 0.1) is 24.6 Å². The Bertz CT molecular complexity index is 1090. The Hall–Kier alpha value is -2.10. The highest BCUT2D eigenvalue weighted by molar-refractivity contribution is 7.92. The van der Waals surface area contributed by atoms with E-state index in [9.17, 15) is 18.0 Å². The van der Waals surface area contributed by atoms with Crippen molar-refractivity contribution < 1.29 is 22.7 Å². The fraction of sp³-hybridized carbons (Fsp3) is 0.400. The van der Waals surface area contributed by atoms with E-state index in [4.69, 9.17) is 16.3 Å². The lowest BCUT2D eigenvalue weighted by atomic mass is 9.95. The molecule has 30 heavy (non-hydrogen) atoms. The molecule has 1 amide bonds. The second kappa shape index (κ2) is 8.95. The van der Waals surface area contributed by atoms with E-state index in [0.29, 0.717) is 26.8 Å². The average molecular weight is 471 g/mol. The predicted molar refractivity (Wildman–Crippen MR) is 119 cm³/mol. The Balaban J connectivity index is 1.90. The summed E-state index contributed by atoms with van der Waals surface area (Å²) in [5, 5.41) is 3.61. The van der Waals surface area contributed by atoms with E-state index < -0.39 is 28.4 Å². The summed E-state index contributed by atoms with van der Waals surface area (Å²) in [7, 11) is -2.43.